The van der Waals surface area contributed by atoms with Crippen molar-refractivity contribution in [1.29, 1.82) is 0 Å². The van der Waals surface area contributed by atoms with E-state index in [1.165, 1.54) is 6.42 Å². The van der Waals surface area contributed by atoms with Crippen molar-refractivity contribution in [3.63, 3.8) is 0 Å². The lowest BCUT2D eigenvalue weighted by Crippen LogP contribution is -2.54. The number of hydrogen-bond acceptors (Lipinski definition) is 5. The number of rotatable bonds is 5. The minimum Gasteiger partial charge on any atom is -0.342 e. The number of piperidine rings is 2. The molecule has 28 heavy (non-hydrogen) atoms. The van der Waals surface area contributed by atoms with Crippen molar-refractivity contribution in [2.24, 2.45) is 11.3 Å². The lowest BCUT2D eigenvalue weighted by molar-refractivity contribution is -0.138. The van der Waals surface area contributed by atoms with Crippen molar-refractivity contribution in [1.82, 2.24) is 25.1 Å². The SMILES string of the molecule is CC(C)CCN1CC2(CCCN(c3nnnn3-c3ccccc3)C2)CCC1=O. The summed E-state index contributed by atoms with van der Waals surface area (Å²) in [6, 6.07) is 10.0. The predicted octanol–water partition coefficient (Wildman–Crippen LogP) is 2.92. The first-order chi connectivity index (χ1) is 13.6. The van der Waals surface area contributed by atoms with Gasteiger partial charge in [-0.25, -0.2) is 0 Å². The first-order valence-electron chi connectivity index (χ1n) is 10.4. The van der Waals surface area contributed by atoms with Crippen molar-refractivity contribution in [2.75, 3.05) is 31.1 Å². The van der Waals surface area contributed by atoms with Gasteiger partial charge in [0, 0.05) is 38.0 Å². The minimum absolute atomic E-state index is 0.149. The van der Waals surface area contributed by atoms with E-state index in [-0.39, 0.29) is 5.41 Å². The molecule has 2 fully saturated rings. The molecule has 2 aromatic rings. The average molecular weight is 383 g/mol. The molecule has 0 bridgehead atoms. The quantitative estimate of drug-likeness (QED) is 0.795. The standard InChI is InChI=1S/C21H30N6O/c1-17(2)10-14-25-15-21(12-9-19(25)28)11-6-13-26(16-21)20-22-23-24-27(20)18-7-4-3-5-8-18/h3-5,7-8,17H,6,9-16H2,1-2H3. The zero-order chi connectivity index (χ0) is 19.6. The van der Waals surface area contributed by atoms with Crippen LogP contribution >= 0.6 is 0 Å². The van der Waals surface area contributed by atoms with Gasteiger partial charge in [-0.1, -0.05) is 37.1 Å². The highest BCUT2D eigenvalue weighted by molar-refractivity contribution is 5.77. The highest BCUT2D eigenvalue weighted by Gasteiger charge is 2.42. The summed E-state index contributed by atoms with van der Waals surface area (Å²) in [5.74, 6) is 1.73. The Morgan fingerprint density at radius 1 is 1.14 bits per heavy atom. The molecule has 7 heteroatoms. The monoisotopic (exact) mass is 382 g/mol. The summed E-state index contributed by atoms with van der Waals surface area (Å²) in [7, 11) is 0. The van der Waals surface area contributed by atoms with Crippen LogP contribution in [0.2, 0.25) is 0 Å². The lowest BCUT2D eigenvalue weighted by atomic mass is 9.73. The number of para-hydroxylation sites is 1. The molecule has 0 N–H and O–H groups in total. The van der Waals surface area contributed by atoms with E-state index in [1.54, 1.807) is 0 Å². The molecule has 1 aromatic heterocycles. The number of likely N-dealkylation sites (tertiary alicyclic amines) is 1. The van der Waals surface area contributed by atoms with Crippen molar-refractivity contribution in [3.05, 3.63) is 30.3 Å². The molecule has 2 saturated heterocycles. The first kappa shape index (κ1) is 18.9. The van der Waals surface area contributed by atoms with Crippen LogP contribution in [0.25, 0.3) is 5.69 Å². The highest BCUT2D eigenvalue weighted by Crippen LogP contribution is 2.40. The van der Waals surface area contributed by atoms with Gasteiger partial charge in [-0.2, -0.15) is 4.68 Å². The zero-order valence-corrected chi connectivity index (χ0v) is 16.9. The van der Waals surface area contributed by atoms with Gasteiger partial charge in [0.2, 0.25) is 11.9 Å². The lowest BCUT2D eigenvalue weighted by Gasteiger charge is -2.48. The maximum atomic E-state index is 12.5. The molecule has 150 valence electrons. The summed E-state index contributed by atoms with van der Waals surface area (Å²) < 4.78 is 1.82. The van der Waals surface area contributed by atoms with Gasteiger partial charge in [-0.3, -0.25) is 4.79 Å². The summed E-state index contributed by atoms with van der Waals surface area (Å²) in [6.45, 7) is 8.04. The van der Waals surface area contributed by atoms with Crippen LogP contribution in [-0.2, 0) is 4.79 Å². The molecule has 1 amide bonds. The van der Waals surface area contributed by atoms with Crippen LogP contribution in [0, 0.1) is 11.3 Å². The number of aromatic nitrogens is 4. The Morgan fingerprint density at radius 2 is 1.96 bits per heavy atom. The van der Waals surface area contributed by atoms with E-state index in [0.717, 1.165) is 57.1 Å². The third-order valence-electron chi connectivity index (χ3n) is 6.12. The van der Waals surface area contributed by atoms with E-state index >= 15 is 0 Å². The van der Waals surface area contributed by atoms with E-state index < -0.39 is 0 Å². The predicted molar refractivity (Wildman–Crippen MR) is 108 cm³/mol. The van der Waals surface area contributed by atoms with Crippen molar-refractivity contribution in [2.45, 2.75) is 46.0 Å². The maximum Gasteiger partial charge on any atom is 0.250 e. The van der Waals surface area contributed by atoms with Crippen LogP contribution in [0.3, 0.4) is 0 Å². The third kappa shape index (κ3) is 3.88. The molecule has 3 heterocycles. The van der Waals surface area contributed by atoms with Crippen LogP contribution < -0.4 is 4.90 Å². The highest BCUT2D eigenvalue weighted by atomic mass is 16.2. The fraction of sp³-hybridized carbons (Fsp3) is 0.619. The summed E-state index contributed by atoms with van der Waals surface area (Å²) >= 11 is 0. The Bertz CT molecular complexity index is 804. The fourth-order valence-corrected chi connectivity index (χ4v) is 4.55. The molecule has 1 atom stereocenters. The maximum absolute atomic E-state index is 12.5. The Morgan fingerprint density at radius 3 is 2.75 bits per heavy atom. The van der Waals surface area contributed by atoms with E-state index in [1.807, 2.05) is 35.0 Å². The van der Waals surface area contributed by atoms with Crippen molar-refractivity contribution < 1.29 is 4.79 Å². The fourth-order valence-electron chi connectivity index (χ4n) is 4.55. The smallest absolute Gasteiger partial charge is 0.250 e. The molecule has 2 aliphatic rings. The van der Waals surface area contributed by atoms with Crippen LogP contribution in [0.4, 0.5) is 5.95 Å². The third-order valence-corrected chi connectivity index (χ3v) is 6.12. The van der Waals surface area contributed by atoms with Gasteiger partial charge in [0.15, 0.2) is 0 Å². The van der Waals surface area contributed by atoms with Crippen LogP contribution in [0.15, 0.2) is 30.3 Å². The Kier molecular flexibility index (Phi) is 5.33. The molecule has 1 aromatic carbocycles. The number of benzene rings is 1. The average Bonchev–Trinajstić information content (AvgIpc) is 3.20. The number of tetrazole rings is 1. The summed E-state index contributed by atoms with van der Waals surface area (Å²) in [5, 5.41) is 12.5. The second-order valence-corrected chi connectivity index (χ2v) is 8.75. The summed E-state index contributed by atoms with van der Waals surface area (Å²) in [4.78, 5) is 16.9. The van der Waals surface area contributed by atoms with Gasteiger partial charge < -0.3 is 9.80 Å². The van der Waals surface area contributed by atoms with Crippen LogP contribution in [0.5, 0.6) is 0 Å². The topological polar surface area (TPSA) is 67.2 Å². The van der Waals surface area contributed by atoms with E-state index in [4.69, 9.17) is 0 Å². The van der Waals surface area contributed by atoms with Gasteiger partial charge >= 0.3 is 0 Å². The molecular weight excluding hydrogens is 352 g/mol. The van der Waals surface area contributed by atoms with Gasteiger partial charge in [-0.05, 0) is 54.2 Å². The molecule has 1 unspecified atom stereocenters. The second-order valence-electron chi connectivity index (χ2n) is 8.75. The first-order valence-corrected chi connectivity index (χ1v) is 10.4. The molecular formula is C21H30N6O. The summed E-state index contributed by atoms with van der Waals surface area (Å²) in [6.07, 6.45) is 4.97. The van der Waals surface area contributed by atoms with Gasteiger partial charge in [0.05, 0.1) is 5.69 Å². The molecule has 0 aliphatic carbocycles. The van der Waals surface area contributed by atoms with Gasteiger partial charge in [0.25, 0.3) is 0 Å². The molecule has 2 aliphatic heterocycles. The minimum atomic E-state index is 0.149. The number of hydrogen-bond donors (Lipinski definition) is 0. The zero-order valence-electron chi connectivity index (χ0n) is 16.9. The van der Waals surface area contributed by atoms with Crippen LogP contribution in [-0.4, -0.2) is 57.2 Å². The van der Waals surface area contributed by atoms with E-state index in [0.29, 0.717) is 18.2 Å². The van der Waals surface area contributed by atoms with E-state index in [9.17, 15) is 4.79 Å². The van der Waals surface area contributed by atoms with Crippen molar-refractivity contribution in [3.8, 4) is 5.69 Å². The number of carbonyl (C=O) groups excluding carboxylic acids is 1. The molecule has 0 saturated carbocycles. The molecule has 4 rings (SSSR count). The normalized spacial score (nSPS) is 23.0. The van der Waals surface area contributed by atoms with E-state index in [2.05, 4.69) is 39.2 Å². The second kappa shape index (κ2) is 7.89. The summed E-state index contributed by atoms with van der Waals surface area (Å²) in [5.41, 5.74) is 1.12. The largest absolute Gasteiger partial charge is 0.342 e. The Balaban J connectivity index is 1.52. The van der Waals surface area contributed by atoms with Crippen LogP contribution in [0.1, 0.15) is 46.0 Å². The Hall–Kier alpha value is -2.44. The molecule has 1 spiro atoms. The number of carbonyl (C=O) groups is 1. The number of anilines is 1. The molecule has 7 nitrogen and oxygen atoms in total. The Labute approximate surface area is 166 Å². The van der Waals surface area contributed by atoms with Crippen molar-refractivity contribution >= 4 is 11.9 Å². The number of nitrogens with zero attached hydrogens (tertiary/aromatic N) is 6. The molecule has 0 radical (unpaired) electrons. The number of amides is 1. The van der Waals surface area contributed by atoms with Gasteiger partial charge in [-0.15, -0.1) is 0 Å². The van der Waals surface area contributed by atoms with Gasteiger partial charge in [0.1, 0.15) is 0 Å².